The van der Waals surface area contributed by atoms with Crippen molar-refractivity contribution >= 4 is 5.91 Å². The van der Waals surface area contributed by atoms with Crippen LogP contribution in [0.25, 0.3) is 11.1 Å². The summed E-state index contributed by atoms with van der Waals surface area (Å²) in [5.41, 5.74) is 3.54. The third kappa shape index (κ3) is 4.64. The molecule has 0 spiro atoms. The molecule has 2 aliphatic heterocycles. The molecule has 1 amide bonds. The van der Waals surface area contributed by atoms with Crippen molar-refractivity contribution in [1.82, 2.24) is 5.32 Å². The maximum absolute atomic E-state index is 13.4. The Morgan fingerprint density at radius 2 is 1.71 bits per heavy atom. The molecule has 2 heterocycles. The lowest BCUT2D eigenvalue weighted by Gasteiger charge is -2.14. The minimum Gasteiger partial charge on any atom is -0.434 e. The monoisotopic (exact) mass is 473 g/mol. The quantitative estimate of drug-likeness (QED) is 0.483. The number of nitrogens with one attached hydrogen (secondary N) is 1. The number of fused-ring (bicyclic) bond motifs is 1. The molecule has 176 valence electrons. The molecular formula is C25H19F4NO4. The van der Waals surface area contributed by atoms with Gasteiger partial charge in [-0.05, 0) is 52.9 Å². The fraction of sp³-hybridized carbons (Fsp3) is 0.240. The third-order valence-corrected chi connectivity index (χ3v) is 5.81. The van der Waals surface area contributed by atoms with Gasteiger partial charge in [0.1, 0.15) is 5.75 Å². The molecule has 5 nitrogen and oxygen atoms in total. The molecule has 0 bridgehead atoms. The molecule has 1 N–H and O–H groups in total. The van der Waals surface area contributed by atoms with E-state index in [2.05, 4.69) is 19.5 Å². The number of carbonyl (C=O) groups is 1. The molecule has 0 aromatic heterocycles. The third-order valence-electron chi connectivity index (χ3n) is 5.81. The molecular weight excluding hydrogens is 454 g/mol. The zero-order valence-electron chi connectivity index (χ0n) is 17.7. The summed E-state index contributed by atoms with van der Waals surface area (Å²) in [6, 6.07) is 16.8. The van der Waals surface area contributed by atoms with Crippen LogP contribution >= 0.6 is 0 Å². The number of hydrogen-bond donors (Lipinski definition) is 1. The number of hydrogen-bond acceptors (Lipinski definition) is 4. The van der Waals surface area contributed by atoms with Crippen molar-refractivity contribution in [2.45, 2.75) is 31.7 Å². The van der Waals surface area contributed by atoms with Crippen molar-refractivity contribution in [3.8, 4) is 28.4 Å². The maximum atomic E-state index is 13.4. The van der Waals surface area contributed by atoms with E-state index < -0.39 is 12.9 Å². The summed E-state index contributed by atoms with van der Waals surface area (Å²) in [7, 11) is 0. The van der Waals surface area contributed by atoms with Crippen LogP contribution in [0, 0.1) is 0 Å². The second kappa shape index (κ2) is 8.55. The zero-order valence-corrected chi connectivity index (χ0v) is 17.7. The van der Waals surface area contributed by atoms with Gasteiger partial charge in [0.05, 0.1) is 0 Å². The standard InChI is InChI=1S/C25H19F4NO4/c26-24(27)32-20-7-3-15(9-14-1-4-16(5-2-14)18-12-23(31)30-13-18)10-19(20)17-6-8-21-22(11-17)34-25(28,29)33-21/h1-8,10-11,18,24H,9,12-13H2,(H,30,31). The van der Waals surface area contributed by atoms with Crippen LogP contribution in [0.2, 0.25) is 0 Å². The van der Waals surface area contributed by atoms with E-state index in [4.69, 9.17) is 0 Å². The summed E-state index contributed by atoms with van der Waals surface area (Å²) in [6.07, 6.45) is -2.80. The van der Waals surface area contributed by atoms with E-state index in [1.54, 1.807) is 12.1 Å². The average Bonchev–Trinajstić information content (AvgIpc) is 3.35. The number of halogens is 4. The Balaban J connectivity index is 1.41. The normalized spacial score (nSPS) is 18.3. The van der Waals surface area contributed by atoms with Crippen LogP contribution in [0.3, 0.4) is 0 Å². The van der Waals surface area contributed by atoms with Crippen LogP contribution in [0.1, 0.15) is 29.0 Å². The van der Waals surface area contributed by atoms with Gasteiger partial charge in [0.15, 0.2) is 11.5 Å². The molecule has 1 unspecified atom stereocenters. The van der Waals surface area contributed by atoms with Crippen molar-refractivity contribution in [2.75, 3.05) is 6.54 Å². The van der Waals surface area contributed by atoms with Gasteiger partial charge in [0.25, 0.3) is 0 Å². The largest absolute Gasteiger partial charge is 0.586 e. The maximum Gasteiger partial charge on any atom is 0.586 e. The van der Waals surface area contributed by atoms with E-state index in [0.717, 1.165) is 16.7 Å². The van der Waals surface area contributed by atoms with Gasteiger partial charge in [-0.3, -0.25) is 4.79 Å². The van der Waals surface area contributed by atoms with Crippen molar-refractivity contribution in [1.29, 1.82) is 0 Å². The summed E-state index contributed by atoms with van der Waals surface area (Å²) in [5, 5.41) is 2.82. The van der Waals surface area contributed by atoms with Crippen LogP contribution in [-0.4, -0.2) is 25.4 Å². The molecule has 5 rings (SSSR count). The first-order chi connectivity index (χ1) is 16.3. The SMILES string of the molecule is O=C1CC(c2ccc(Cc3ccc(OC(F)F)c(-c4ccc5c(c4)OC(F)(F)O5)c3)cc2)CN1. The number of ether oxygens (including phenoxy) is 3. The average molecular weight is 473 g/mol. The van der Waals surface area contributed by atoms with Crippen LogP contribution in [0.5, 0.6) is 17.2 Å². The van der Waals surface area contributed by atoms with Crippen molar-refractivity contribution in [3.63, 3.8) is 0 Å². The molecule has 1 saturated heterocycles. The van der Waals surface area contributed by atoms with E-state index in [0.29, 0.717) is 30.5 Å². The highest BCUT2D eigenvalue weighted by atomic mass is 19.3. The molecule has 0 radical (unpaired) electrons. The number of alkyl halides is 4. The molecule has 3 aromatic carbocycles. The Kier molecular flexibility index (Phi) is 5.55. The second-order valence-electron chi connectivity index (χ2n) is 8.16. The van der Waals surface area contributed by atoms with Gasteiger partial charge in [-0.15, -0.1) is 8.78 Å². The van der Waals surface area contributed by atoms with Gasteiger partial charge >= 0.3 is 12.9 Å². The fourth-order valence-electron chi connectivity index (χ4n) is 4.21. The molecule has 1 fully saturated rings. The first kappa shape index (κ1) is 22.1. The predicted octanol–water partition coefficient (Wildman–Crippen LogP) is 5.47. The summed E-state index contributed by atoms with van der Waals surface area (Å²) in [6.45, 7) is -2.43. The van der Waals surface area contributed by atoms with Gasteiger partial charge in [-0.25, -0.2) is 0 Å². The second-order valence-corrected chi connectivity index (χ2v) is 8.16. The van der Waals surface area contributed by atoms with Crippen LogP contribution in [-0.2, 0) is 11.2 Å². The fourth-order valence-corrected chi connectivity index (χ4v) is 4.21. The zero-order chi connectivity index (χ0) is 23.9. The Morgan fingerprint density at radius 3 is 2.41 bits per heavy atom. The molecule has 1 atom stereocenters. The number of benzene rings is 3. The lowest BCUT2D eigenvalue weighted by Crippen LogP contribution is -2.25. The molecule has 9 heteroatoms. The first-order valence-corrected chi connectivity index (χ1v) is 10.6. The Morgan fingerprint density at radius 1 is 0.971 bits per heavy atom. The summed E-state index contributed by atoms with van der Waals surface area (Å²) < 4.78 is 66.3. The highest BCUT2D eigenvalue weighted by Crippen LogP contribution is 2.44. The van der Waals surface area contributed by atoms with Crippen LogP contribution < -0.4 is 19.5 Å². The molecule has 3 aromatic rings. The van der Waals surface area contributed by atoms with E-state index in [9.17, 15) is 22.4 Å². The van der Waals surface area contributed by atoms with Crippen LogP contribution in [0.15, 0.2) is 60.7 Å². The van der Waals surface area contributed by atoms with Crippen LogP contribution in [0.4, 0.5) is 17.6 Å². The highest BCUT2D eigenvalue weighted by molar-refractivity contribution is 5.79. The Bertz CT molecular complexity index is 1230. The predicted molar refractivity (Wildman–Crippen MR) is 114 cm³/mol. The lowest BCUT2D eigenvalue weighted by molar-refractivity contribution is -0.286. The minimum atomic E-state index is -3.78. The van der Waals surface area contributed by atoms with Gasteiger partial charge in [0, 0.05) is 24.4 Å². The molecule has 2 aliphatic rings. The lowest BCUT2D eigenvalue weighted by atomic mass is 9.94. The van der Waals surface area contributed by atoms with Gasteiger partial charge in [-0.2, -0.15) is 8.78 Å². The van der Waals surface area contributed by atoms with Gasteiger partial charge < -0.3 is 19.5 Å². The van der Waals surface area contributed by atoms with E-state index in [-0.39, 0.29) is 29.1 Å². The highest BCUT2D eigenvalue weighted by Gasteiger charge is 2.43. The number of rotatable bonds is 6. The molecule has 0 saturated carbocycles. The van der Waals surface area contributed by atoms with Crippen molar-refractivity contribution in [2.24, 2.45) is 0 Å². The van der Waals surface area contributed by atoms with E-state index in [1.807, 2.05) is 24.3 Å². The van der Waals surface area contributed by atoms with Crippen molar-refractivity contribution in [3.05, 3.63) is 77.4 Å². The van der Waals surface area contributed by atoms with Gasteiger partial charge in [0.2, 0.25) is 5.91 Å². The van der Waals surface area contributed by atoms with Gasteiger partial charge in [-0.1, -0.05) is 36.4 Å². The van der Waals surface area contributed by atoms with Crippen molar-refractivity contribution < 1.29 is 36.6 Å². The summed E-state index contributed by atoms with van der Waals surface area (Å²) in [4.78, 5) is 11.5. The first-order valence-electron chi connectivity index (χ1n) is 10.6. The Labute approximate surface area is 192 Å². The summed E-state index contributed by atoms with van der Waals surface area (Å²) in [5.74, 6) is -0.220. The number of carbonyl (C=O) groups excluding carboxylic acids is 1. The molecule has 0 aliphatic carbocycles. The molecule has 34 heavy (non-hydrogen) atoms. The Hall–Kier alpha value is -3.75. The van der Waals surface area contributed by atoms with E-state index in [1.165, 1.54) is 24.3 Å². The topological polar surface area (TPSA) is 56.8 Å². The summed E-state index contributed by atoms with van der Waals surface area (Å²) >= 11 is 0. The van der Waals surface area contributed by atoms with E-state index >= 15 is 0 Å². The smallest absolute Gasteiger partial charge is 0.434 e. The minimum absolute atomic E-state index is 0.0416. The number of amides is 1.